The number of hydrogen-bond acceptors (Lipinski definition) is 5. The highest BCUT2D eigenvalue weighted by Crippen LogP contribution is 2.27. The van der Waals surface area contributed by atoms with E-state index in [2.05, 4.69) is 22.4 Å². The molecule has 0 radical (unpaired) electrons. The van der Waals surface area contributed by atoms with E-state index in [1.807, 2.05) is 6.92 Å². The van der Waals surface area contributed by atoms with E-state index in [4.69, 9.17) is 5.84 Å². The first kappa shape index (κ1) is 18.7. The van der Waals surface area contributed by atoms with Gasteiger partial charge in [-0.2, -0.15) is 0 Å². The highest BCUT2D eigenvalue weighted by molar-refractivity contribution is 8.00. The van der Waals surface area contributed by atoms with E-state index in [9.17, 15) is 9.18 Å². The van der Waals surface area contributed by atoms with Gasteiger partial charge in [0.15, 0.2) is 5.82 Å². The van der Waals surface area contributed by atoms with Crippen LogP contribution in [-0.4, -0.2) is 32.1 Å². The molecule has 3 rings (SSSR count). The molecule has 140 valence electrons. The minimum atomic E-state index is -0.416. The van der Waals surface area contributed by atoms with Crippen molar-refractivity contribution in [3.8, 4) is 11.4 Å². The fourth-order valence-electron chi connectivity index (χ4n) is 3.23. The van der Waals surface area contributed by atoms with Crippen molar-refractivity contribution in [2.45, 2.75) is 56.0 Å². The summed E-state index contributed by atoms with van der Waals surface area (Å²) in [7, 11) is 0. The summed E-state index contributed by atoms with van der Waals surface area (Å²) in [5, 5.41) is 11.1. The van der Waals surface area contributed by atoms with Crippen molar-refractivity contribution >= 4 is 17.7 Å². The number of carbonyl (C=O) groups is 1. The van der Waals surface area contributed by atoms with Gasteiger partial charge in [-0.25, -0.2) is 9.07 Å². The van der Waals surface area contributed by atoms with Gasteiger partial charge in [-0.1, -0.05) is 43.7 Å². The highest BCUT2D eigenvalue weighted by atomic mass is 32.2. The molecule has 0 saturated heterocycles. The van der Waals surface area contributed by atoms with Crippen LogP contribution in [0.15, 0.2) is 29.4 Å². The van der Waals surface area contributed by atoms with Crippen molar-refractivity contribution in [2.75, 3.05) is 5.84 Å². The standard InChI is InChI=1S/C18H24FN5OS/c1-11-7-3-6-10-15(11)21-17(25)12(2)26-18-23-22-16(24(18)20)13-8-4-5-9-14(13)19/h4-5,8-9,11-12,15H,3,6-7,10,20H2,1-2H3,(H,21,25)/t11-,12-,15+/m1/s1. The zero-order chi connectivity index (χ0) is 18.7. The normalized spacial score (nSPS) is 21.3. The van der Waals surface area contributed by atoms with Gasteiger partial charge in [-0.3, -0.25) is 4.79 Å². The number of hydrogen-bond donors (Lipinski definition) is 2. The first-order valence-electron chi connectivity index (χ1n) is 8.89. The first-order chi connectivity index (χ1) is 12.5. The summed E-state index contributed by atoms with van der Waals surface area (Å²) in [6, 6.07) is 6.48. The highest BCUT2D eigenvalue weighted by Gasteiger charge is 2.26. The number of nitrogen functional groups attached to an aromatic ring is 1. The fraction of sp³-hybridized carbons (Fsp3) is 0.500. The van der Waals surface area contributed by atoms with Gasteiger partial charge in [0.25, 0.3) is 0 Å². The fourth-order valence-corrected chi connectivity index (χ4v) is 4.01. The van der Waals surface area contributed by atoms with Crippen LogP contribution in [0.4, 0.5) is 4.39 Å². The molecule has 1 fully saturated rings. The van der Waals surface area contributed by atoms with Gasteiger partial charge in [0, 0.05) is 6.04 Å². The summed E-state index contributed by atoms with van der Waals surface area (Å²) >= 11 is 1.22. The summed E-state index contributed by atoms with van der Waals surface area (Å²) in [6.45, 7) is 3.99. The molecule has 0 unspecified atom stereocenters. The molecular weight excluding hydrogens is 353 g/mol. The van der Waals surface area contributed by atoms with Crippen molar-refractivity contribution in [3.63, 3.8) is 0 Å². The van der Waals surface area contributed by atoms with Gasteiger partial charge < -0.3 is 11.2 Å². The van der Waals surface area contributed by atoms with Crippen LogP contribution in [-0.2, 0) is 4.79 Å². The Balaban J connectivity index is 1.67. The SMILES string of the molecule is C[C@@H]1CCCC[C@@H]1NC(=O)[C@@H](C)Sc1nnc(-c2ccccc2F)n1N. The first-order valence-corrected chi connectivity index (χ1v) is 9.77. The summed E-state index contributed by atoms with van der Waals surface area (Å²) in [5.74, 6) is 6.31. The van der Waals surface area contributed by atoms with Crippen LogP contribution in [0.5, 0.6) is 0 Å². The van der Waals surface area contributed by atoms with Gasteiger partial charge in [0.1, 0.15) is 5.82 Å². The van der Waals surface area contributed by atoms with Crippen LogP contribution in [0, 0.1) is 11.7 Å². The van der Waals surface area contributed by atoms with Crippen LogP contribution in [0.1, 0.15) is 39.5 Å². The number of nitrogens with zero attached hydrogens (tertiary/aromatic N) is 3. The van der Waals surface area contributed by atoms with Gasteiger partial charge >= 0.3 is 0 Å². The summed E-state index contributed by atoms with van der Waals surface area (Å²) in [4.78, 5) is 12.5. The molecule has 0 aliphatic heterocycles. The molecule has 1 aliphatic carbocycles. The number of carbonyl (C=O) groups excluding carboxylic acids is 1. The van der Waals surface area contributed by atoms with E-state index in [0.717, 1.165) is 19.3 Å². The zero-order valence-electron chi connectivity index (χ0n) is 15.0. The molecule has 1 heterocycles. The van der Waals surface area contributed by atoms with E-state index in [0.29, 0.717) is 11.1 Å². The molecule has 6 nitrogen and oxygen atoms in total. The second-order valence-corrected chi connectivity index (χ2v) is 8.10. The predicted molar refractivity (Wildman–Crippen MR) is 100 cm³/mol. The summed E-state index contributed by atoms with van der Waals surface area (Å²) < 4.78 is 15.2. The van der Waals surface area contributed by atoms with Gasteiger partial charge in [0.2, 0.25) is 11.1 Å². The van der Waals surface area contributed by atoms with Crippen molar-refractivity contribution < 1.29 is 9.18 Å². The molecular formula is C18H24FN5OS. The largest absolute Gasteiger partial charge is 0.352 e. The number of thioether (sulfide) groups is 1. The zero-order valence-corrected chi connectivity index (χ0v) is 15.8. The van der Waals surface area contributed by atoms with Crippen LogP contribution in [0.25, 0.3) is 11.4 Å². The van der Waals surface area contributed by atoms with Crippen LogP contribution in [0.3, 0.4) is 0 Å². The maximum absolute atomic E-state index is 13.9. The Morgan fingerprint density at radius 2 is 2.08 bits per heavy atom. The topological polar surface area (TPSA) is 85.8 Å². The lowest BCUT2D eigenvalue weighted by Gasteiger charge is -2.30. The Labute approximate surface area is 156 Å². The van der Waals surface area contributed by atoms with Gasteiger partial charge in [-0.15, -0.1) is 10.2 Å². The molecule has 26 heavy (non-hydrogen) atoms. The Morgan fingerprint density at radius 1 is 1.35 bits per heavy atom. The Morgan fingerprint density at radius 3 is 2.81 bits per heavy atom. The smallest absolute Gasteiger partial charge is 0.233 e. The summed E-state index contributed by atoms with van der Waals surface area (Å²) in [5.41, 5.74) is 0.280. The number of amides is 1. The minimum Gasteiger partial charge on any atom is -0.352 e. The molecule has 8 heteroatoms. The molecule has 0 spiro atoms. The van der Waals surface area contributed by atoms with Crippen molar-refractivity contribution in [1.29, 1.82) is 0 Å². The molecule has 1 saturated carbocycles. The number of nitrogens with one attached hydrogen (secondary N) is 1. The second kappa shape index (κ2) is 8.07. The molecule has 3 N–H and O–H groups in total. The lowest BCUT2D eigenvalue weighted by Crippen LogP contribution is -2.44. The second-order valence-electron chi connectivity index (χ2n) is 6.79. The lowest BCUT2D eigenvalue weighted by molar-refractivity contribution is -0.121. The third kappa shape index (κ3) is 4.00. The van der Waals surface area contributed by atoms with Crippen LogP contribution >= 0.6 is 11.8 Å². The molecule has 3 atom stereocenters. The quantitative estimate of drug-likeness (QED) is 0.618. The van der Waals surface area contributed by atoms with E-state index in [-0.39, 0.29) is 28.6 Å². The minimum absolute atomic E-state index is 0.0378. The van der Waals surface area contributed by atoms with Crippen molar-refractivity contribution in [3.05, 3.63) is 30.1 Å². The Hall–Kier alpha value is -2.09. The van der Waals surface area contributed by atoms with E-state index in [1.165, 1.54) is 28.9 Å². The van der Waals surface area contributed by atoms with E-state index < -0.39 is 5.82 Å². The summed E-state index contributed by atoms with van der Waals surface area (Å²) in [6.07, 6.45) is 4.55. The van der Waals surface area contributed by atoms with Gasteiger partial charge in [0.05, 0.1) is 10.8 Å². The Bertz CT molecular complexity index is 781. The lowest BCUT2D eigenvalue weighted by atomic mass is 9.86. The van der Waals surface area contributed by atoms with Crippen molar-refractivity contribution in [1.82, 2.24) is 20.2 Å². The number of rotatable bonds is 5. The Kier molecular flexibility index (Phi) is 5.80. The van der Waals surface area contributed by atoms with E-state index in [1.54, 1.807) is 18.2 Å². The average Bonchev–Trinajstić information content (AvgIpc) is 2.98. The van der Waals surface area contributed by atoms with Gasteiger partial charge in [-0.05, 0) is 37.8 Å². The number of aromatic nitrogens is 3. The predicted octanol–water partition coefficient (Wildman–Crippen LogP) is 2.97. The number of nitrogens with two attached hydrogens (primary N) is 1. The third-order valence-corrected chi connectivity index (χ3v) is 5.93. The number of benzene rings is 1. The molecule has 2 aromatic rings. The van der Waals surface area contributed by atoms with E-state index >= 15 is 0 Å². The average molecular weight is 377 g/mol. The molecule has 1 aliphatic rings. The molecule has 1 amide bonds. The van der Waals surface area contributed by atoms with Crippen LogP contribution < -0.4 is 11.2 Å². The monoisotopic (exact) mass is 377 g/mol. The van der Waals surface area contributed by atoms with Crippen LogP contribution in [0.2, 0.25) is 0 Å². The third-order valence-electron chi connectivity index (χ3n) is 4.87. The maximum Gasteiger partial charge on any atom is 0.233 e. The molecule has 1 aromatic heterocycles. The number of halogens is 1. The molecule has 1 aromatic carbocycles. The van der Waals surface area contributed by atoms with Crippen molar-refractivity contribution in [2.24, 2.45) is 5.92 Å². The maximum atomic E-state index is 13.9. The molecule has 0 bridgehead atoms.